The van der Waals surface area contributed by atoms with Crippen LogP contribution in [-0.2, 0) is 0 Å². The predicted octanol–water partition coefficient (Wildman–Crippen LogP) is 1.89. The minimum atomic E-state index is 0.632. The quantitative estimate of drug-likeness (QED) is 0.651. The molecule has 0 aromatic rings. The molecule has 0 radical (unpaired) electrons. The molecule has 2 nitrogen and oxygen atoms in total. The van der Waals surface area contributed by atoms with E-state index in [-0.39, 0.29) is 0 Å². The van der Waals surface area contributed by atoms with Gasteiger partial charge in [-0.3, -0.25) is 4.99 Å². The maximum Gasteiger partial charge on any atom is 0.121 e. The zero-order valence-corrected chi connectivity index (χ0v) is 8.03. The van der Waals surface area contributed by atoms with Gasteiger partial charge in [0.05, 0.1) is 0 Å². The number of rotatable bonds is 1. The summed E-state index contributed by atoms with van der Waals surface area (Å²) >= 11 is 0. The molecule has 1 heterocycles. The van der Waals surface area contributed by atoms with E-state index in [9.17, 15) is 0 Å². The Kier molecular flexibility index (Phi) is 2.21. The Morgan fingerprint density at radius 1 is 1.62 bits per heavy atom. The largest absolute Gasteiger partial charge is 0.384 e. The standard InChI is InChI=1S/C11H16N2/c1-2-8-4-3-5-10-9(8)6-7-13-11(10)12/h3-5,8-9H,2,6-7H2,1H3,(H2,12,13). The van der Waals surface area contributed by atoms with Crippen molar-refractivity contribution in [3.63, 3.8) is 0 Å². The van der Waals surface area contributed by atoms with E-state index >= 15 is 0 Å². The number of allylic oxidation sites excluding steroid dienone is 3. The lowest BCUT2D eigenvalue weighted by atomic mass is 9.77. The normalized spacial score (nSPS) is 32.1. The number of nitrogens with zero attached hydrogens (tertiary/aromatic N) is 1. The fourth-order valence-corrected chi connectivity index (χ4v) is 2.27. The van der Waals surface area contributed by atoms with Crippen LogP contribution in [0.4, 0.5) is 0 Å². The SMILES string of the molecule is CCC1C=CC=C2C(N)=NCCC21. The summed E-state index contributed by atoms with van der Waals surface area (Å²) in [7, 11) is 0. The summed E-state index contributed by atoms with van der Waals surface area (Å²) in [5.41, 5.74) is 7.12. The molecule has 0 saturated heterocycles. The van der Waals surface area contributed by atoms with Crippen LogP contribution in [0.2, 0.25) is 0 Å². The highest BCUT2D eigenvalue weighted by atomic mass is 14.9. The molecule has 0 bridgehead atoms. The first-order valence-corrected chi connectivity index (χ1v) is 5.01. The van der Waals surface area contributed by atoms with Gasteiger partial charge in [0.1, 0.15) is 5.84 Å². The summed E-state index contributed by atoms with van der Waals surface area (Å²) in [6.07, 6.45) is 8.90. The van der Waals surface area contributed by atoms with E-state index in [1.807, 2.05) is 0 Å². The molecule has 2 aliphatic rings. The maximum absolute atomic E-state index is 5.85. The van der Waals surface area contributed by atoms with Gasteiger partial charge in [-0.2, -0.15) is 0 Å². The van der Waals surface area contributed by atoms with Gasteiger partial charge in [-0.1, -0.05) is 25.2 Å². The molecule has 13 heavy (non-hydrogen) atoms. The topological polar surface area (TPSA) is 38.4 Å². The van der Waals surface area contributed by atoms with Gasteiger partial charge >= 0.3 is 0 Å². The number of amidine groups is 1. The van der Waals surface area contributed by atoms with E-state index in [2.05, 4.69) is 30.1 Å². The Hall–Kier alpha value is -1.05. The first-order chi connectivity index (χ1) is 6.33. The zero-order valence-electron chi connectivity index (χ0n) is 8.03. The first kappa shape index (κ1) is 8.54. The van der Waals surface area contributed by atoms with Gasteiger partial charge in [-0.15, -0.1) is 0 Å². The van der Waals surface area contributed by atoms with E-state index < -0.39 is 0 Å². The van der Waals surface area contributed by atoms with Crippen molar-refractivity contribution in [2.45, 2.75) is 19.8 Å². The lowest BCUT2D eigenvalue weighted by molar-refractivity contribution is 0.416. The molecule has 2 atom stereocenters. The molecule has 1 aliphatic heterocycles. The molecule has 2 unspecified atom stereocenters. The van der Waals surface area contributed by atoms with Crippen molar-refractivity contribution in [3.05, 3.63) is 23.8 Å². The van der Waals surface area contributed by atoms with Gasteiger partial charge in [0.15, 0.2) is 0 Å². The Labute approximate surface area is 79.2 Å². The molecule has 2 N–H and O–H groups in total. The Morgan fingerprint density at radius 3 is 3.23 bits per heavy atom. The maximum atomic E-state index is 5.85. The van der Waals surface area contributed by atoms with Crippen molar-refractivity contribution in [2.75, 3.05) is 6.54 Å². The van der Waals surface area contributed by atoms with Gasteiger partial charge in [0.25, 0.3) is 0 Å². The molecule has 0 saturated carbocycles. The van der Waals surface area contributed by atoms with E-state index in [4.69, 9.17) is 5.73 Å². The Bertz CT molecular complexity index is 286. The second-order valence-electron chi connectivity index (χ2n) is 3.74. The minimum absolute atomic E-state index is 0.632. The second kappa shape index (κ2) is 3.36. The van der Waals surface area contributed by atoms with Crippen molar-refractivity contribution >= 4 is 5.84 Å². The average Bonchev–Trinajstić information content (AvgIpc) is 2.18. The van der Waals surface area contributed by atoms with Crippen LogP contribution >= 0.6 is 0 Å². The van der Waals surface area contributed by atoms with E-state index in [0.29, 0.717) is 11.8 Å². The molecule has 0 aromatic heterocycles. The molecule has 0 fully saturated rings. The molecule has 0 aromatic carbocycles. The molecule has 2 heteroatoms. The minimum Gasteiger partial charge on any atom is -0.384 e. The van der Waals surface area contributed by atoms with Crippen LogP contribution in [0, 0.1) is 11.8 Å². The number of fused-ring (bicyclic) bond motifs is 1. The molecule has 1 aliphatic carbocycles. The third kappa shape index (κ3) is 1.41. The van der Waals surface area contributed by atoms with E-state index in [0.717, 1.165) is 18.8 Å². The van der Waals surface area contributed by atoms with Crippen molar-refractivity contribution in [1.29, 1.82) is 0 Å². The van der Waals surface area contributed by atoms with Gasteiger partial charge in [0, 0.05) is 6.54 Å². The number of nitrogens with two attached hydrogens (primary N) is 1. The lowest BCUT2D eigenvalue weighted by Gasteiger charge is -2.31. The number of hydrogen-bond acceptors (Lipinski definition) is 2. The molecule has 2 rings (SSSR count). The summed E-state index contributed by atoms with van der Waals surface area (Å²) in [5, 5.41) is 0. The number of hydrogen-bond donors (Lipinski definition) is 1. The van der Waals surface area contributed by atoms with Crippen LogP contribution < -0.4 is 5.73 Å². The summed E-state index contributed by atoms with van der Waals surface area (Å²) in [4.78, 5) is 4.28. The fourth-order valence-electron chi connectivity index (χ4n) is 2.27. The van der Waals surface area contributed by atoms with Crippen LogP contribution in [-0.4, -0.2) is 12.4 Å². The fraction of sp³-hybridized carbons (Fsp3) is 0.545. The highest BCUT2D eigenvalue weighted by Crippen LogP contribution is 2.33. The van der Waals surface area contributed by atoms with Gasteiger partial charge in [0.2, 0.25) is 0 Å². The van der Waals surface area contributed by atoms with E-state index in [1.165, 1.54) is 12.0 Å². The lowest BCUT2D eigenvalue weighted by Crippen LogP contribution is -2.31. The summed E-state index contributed by atoms with van der Waals surface area (Å²) < 4.78 is 0. The van der Waals surface area contributed by atoms with Crippen molar-refractivity contribution in [2.24, 2.45) is 22.6 Å². The van der Waals surface area contributed by atoms with E-state index in [1.54, 1.807) is 0 Å². The van der Waals surface area contributed by atoms with Crippen LogP contribution in [0.15, 0.2) is 28.8 Å². The summed E-state index contributed by atoms with van der Waals surface area (Å²) in [6.45, 7) is 3.14. The van der Waals surface area contributed by atoms with Gasteiger partial charge in [-0.05, 0) is 30.3 Å². The third-order valence-electron chi connectivity index (χ3n) is 3.04. The third-order valence-corrected chi connectivity index (χ3v) is 3.04. The van der Waals surface area contributed by atoms with Crippen LogP contribution in [0.3, 0.4) is 0 Å². The van der Waals surface area contributed by atoms with Crippen molar-refractivity contribution < 1.29 is 0 Å². The molecule has 70 valence electrons. The van der Waals surface area contributed by atoms with Crippen LogP contribution in [0.1, 0.15) is 19.8 Å². The highest BCUT2D eigenvalue weighted by molar-refractivity contribution is 5.98. The summed E-state index contributed by atoms with van der Waals surface area (Å²) in [6, 6.07) is 0. The predicted molar refractivity (Wildman–Crippen MR) is 55.6 cm³/mol. The summed E-state index contributed by atoms with van der Waals surface area (Å²) in [5.74, 6) is 2.07. The van der Waals surface area contributed by atoms with Crippen molar-refractivity contribution in [3.8, 4) is 0 Å². The first-order valence-electron chi connectivity index (χ1n) is 5.01. The molecular weight excluding hydrogens is 160 g/mol. The average molecular weight is 176 g/mol. The second-order valence-corrected chi connectivity index (χ2v) is 3.74. The molecule has 0 amide bonds. The molecule has 0 spiro atoms. The van der Waals surface area contributed by atoms with Crippen LogP contribution in [0.5, 0.6) is 0 Å². The monoisotopic (exact) mass is 176 g/mol. The van der Waals surface area contributed by atoms with Crippen molar-refractivity contribution in [1.82, 2.24) is 0 Å². The van der Waals surface area contributed by atoms with Gasteiger partial charge in [-0.25, -0.2) is 0 Å². The van der Waals surface area contributed by atoms with Gasteiger partial charge < -0.3 is 5.73 Å². The Balaban J connectivity index is 2.29. The van der Waals surface area contributed by atoms with Crippen LogP contribution in [0.25, 0.3) is 0 Å². The number of aliphatic imine (C=N–C) groups is 1. The molecular formula is C11H16N2. The Morgan fingerprint density at radius 2 is 2.46 bits per heavy atom. The smallest absolute Gasteiger partial charge is 0.121 e. The zero-order chi connectivity index (χ0) is 9.26. The highest BCUT2D eigenvalue weighted by Gasteiger charge is 2.27.